The Kier molecular flexibility index (Phi) is 4.61. The highest BCUT2D eigenvalue weighted by atomic mass is 17.2. The molecule has 0 bridgehead atoms. The van der Waals surface area contributed by atoms with Gasteiger partial charge in [-0.15, -0.1) is 0 Å². The first-order valence-electron chi connectivity index (χ1n) is 4.87. The van der Waals surface area contributed by atoms with Crippen LogP contribution in [0.3, 0.4) is 0 Å². The van der Waals surface area contributed by atoms with Crippen LogP contribution in [0.2, 0.25) is 0 Å². The predicted molar refractivity (Wildman–Crippen MR) is 60.3 cm³/mol. The van der Waals surface area contributed by atoms with E-state index in [2.05, 4.69) is 14.8 Å². The molecule has 1 aromatic heterocycles. The average Bonchev–Trinajstić information content (AvgIpc) is 2.36. The number of nitrogens with two attached hydrogens (primary N) is 1. The van der Waals surface area contributed by atoms with Crippen molar-refractivity contribution in [2.45, 2.75) is 0 Å². The fourth-order valence-electron chi connectivity index (χ4n) is 0.921. The summed E-state index contributed by atoms with van der Waals surface area (Å²) in [6.07, 6.45) is 2.77. The van der Waals surface area contributed by atoms with Crippen LogP contribution < -0.4 is 5.73 Å². The van der Waals surface area contributed by atoms with E-state index in [4.69, 9.17) is 11.1 Å². The number of guanidine groups is 1. The topological polar surface area (TPSA) is 119 Å². The summed E-state index contributed by atoms with van der Waals surface area (Å²) in [5.74, 6) is -1.97. The van der Waals surface area contributed by atoms with Gasteiger partial charge in [0.15, 0.2) is 5.96 Å². The molecule has 8 heteroatoms. The third-order valence-electron chi connectivity index (χ3n) is 1.89. The van der Waals surface area contributed by atoms with Crippen molar-refractivity contribution in [3.63, 3.8) is 0 Å². The maximum atomic E-state index is 11.3. The highest BCUT2D eigenvalue weighted by Crippen LogP contribution is 1.99. The van der Waals surface area contributed by atoms with E-state index >= 15 is 0 Å². The molecule has 96 valence electrons. The van der Waals surface area contributed by atoms with Gasteiger partial charge >= 0.3 is 11.9 Å². The molecular formula is C10H12N4O4. The molecule has 0 aromatic carbocycles. The maximum absolute atomic E-state index is 11.3. The highest BCUT2D eigenvalue weighted by molar-refractivity contribution is 5.89. The van der Waals surface area contributed by atoms with Gasteiger partial charge in [-0.3, -0.25) is 10.4 Å². The zero-order valence-corrected chi connectivity index (χ0v) is 9.62. The van der Waals surface area contributed by atoms with Crippen molar-refractivity contribution in [1.82, 2.24) is 9.88 Å². The van der Waals surface area contributed by atoms with E-state index in [1.807, 2.05) is 0 Å². The molecule has 1 rings (SSSR count). The molecule has 0 aliphatic carbocycles. The third-order valence-corrected chi connectivity index (χ3v) is 1.89. The van der Waals surface area contributed by atoms with Crippen LogP contribution in [0.4, 0.5) is 0 Å². The molecule has 1 heterocycles. The summed E-state index contributed by atoms with van der Waals surface area (Å²) < 4.78 is 0. The van der Waals surface area contributed by atoms with Gasteiger partial charge in [-0.25, -0.2) is 19.4 Å². The fourth-order valence-corrected chi connectivity index (χ4v) is 0.921. The SMILES string of the molecule is CN(CC(=O)OOC(=O)c1cccnc1)C(=N)N. The molecule has 0 aliphatic rings. The number of likely N-dealkylation sites (N-methyl/N-ethyl adjacent to an activating group) is 1. The fraction of sp³-hybridized carbons (Fsp3) is 0.200. The van der Waals surface area contributed by atoms with Crippen LogP contribution >= 0.6 is 0 Å². The second-order valence-electron chi connectivity index (χ2n) is 3.31. The van der Waals surface area contributed by atoms with Crippen LogP contribution in [0.5, 0.6) is 0 Å². The second kappa shape index (κ2) is 6.18. The van der Waals surface area contributed by atoms with Crippen LogP contribution in [-0.2, 0) is 14.6 Å². The number of hydrogen-bond donors (Lipinski definition) is 2. The van der Waals surface area contributed by atoms with E-state index in [-0.39, 0.29) is 18.1 Å². The third kappa shape index (κ3) is 4.08. The van der Waals surface area contributed by atoms with Crippen molar-refractivity contribution in [2.75, 3.05) is 13.6 Å². The lowest BCUT2D eigenvalue weighted by atomic mass is 10.3. The molecule has 0 spiro atoms. The number of hydrogen-bond acceptors (Lipinski definition) is 6. The average molecular weight is 252 g/mol. The first-order chi connectivity index (χ1) is 8.50. The van der Waals surface area contributed by atoms with E-state index in [0.29, 0.717) is 0 Å². The Morgan fingerprint density at radius 3 is 2.78 bits per heavy atom. The minimum Gasteiger partial charge on any atom is -0.370 e. The number of aromatic nitrogens is 1. The molecule has 0 unspecified atom stereocenters. The first-order valence-corrected chi connectivity index (χ1v) is 4.87. The van der Waals surface area contributed by atoms with Gasteiger partial charge < -0.3 is 10.6 Å². The summed E-state index contributed by atoms with van der Waals surface area (Å²) in [4.78, 5) is 35.9. The number of carbonyl (C=O) groups excluding carboxylic acids is 2. The Hall–Kier alpha value is -2.64. The molecule has 18 heavy (non-hydrogen) atoms. The van der Waals surface area contributed by atoms with Gasteiger partial charge in [-0.1, -0.05) is 0 Å². The van der Waals surface area contributed by atoms with E-state index in [1.54, 1.807) is 6.07 Å². The van der Waals surface area contributed by atoms with Crippen molar-refractivity contribution in [1.29, 1.82) is 5.41 Å². The molecule has 0 saturated carbocycles. The van der Waals surface area contributed by atoms with E-state index < -0.39 is 11.9 Å². The molecule has 0 atom stereocenters. The van der Waals surface area contributed by atoms with Gasteiger partial charge in [0.1, 0.15) is 6.54 Å². The Bertz CT molecular complexity index is 448. The van der Waals surface area contributed by atoms with E-state index in [9.17, 15) is 9.59 Å². The number of carbonyl (C=O) groups is 2. The molecule has 8 nitrogen and oxygen atoms in total. The van der Waals surface area contributed by atoms with Crippen molar-refractivity contribution in [3.05, 3.63) is 30.1 Å². The van der Waals surface area contributed by atoms with Gasteiger partial charge in [0.25, 0.3) is 0 Å². The number of nitrogens with one attached hydrogen (secondary N) is 1. The zero-order chi connectivity index (χ0) is 13.5. The number of pyridine rings is 1. The van der Waals surface area contributed by atoms with Gasteiger partial charge in [0.05, 0.1) is 5.56 Å². The molecular weight excluding hydrogens is 240 g/mol. The monoisotopic (exact) mass is 252 g/mol. The van der Waals surface area contributed by atoms with Crippen molar-refractivity contribution in [3.8, 4) is 0 Å². The normalized spacial score (nSPS) is 9.39. The molecule has 0 aliphatic heterocycles. The minimum atomic E-state index is -0.843. The number of rotatable bonds is 3. The zero-order valence-electron chi connectivity index (χ0n) is 9.62. The second-order valence-corrected chi connectivity index (χ2v) is 3.31. The van der Waals surface area contributed by atoms with Crippen LogP contribution in [0.1, 0.15) is 10.4 Å². The van der Waals surface area contributed by atoms with Crippen molar-refractivity contribution in [2.24, 2.45) is 5.73 Å². The lowest BCUT2D eigenvalue weighted by Crippen LogP contribution is -2.37. The predicted octanol–water partition coefficient (Wildman–Crippen LogP) is -0.478. The van der Waals surface area contributed by atoms with Crippen LogP contribution in [0.25, 0.3) is 0 Å². The quantitative estimate of drug-likeness (QED) is 0.323. The highest BCUT2D eigenvalue weighted by Gasteiger charge is 2.14. The minimum absolute atomic E-state index is 0.158. The smallest absolute Gasteiger partial charge is 0.370 e. The largest absolute Gasteiger partial charge is 0.387 e. The van der Waals surface area contributed by atoms with Gasteiger partial charge in [0, 0.05) is 19.4 Å². The van der Waals surface area contributed by atoms with Crippen molar-refractivity contribution >= 4 is 17.9 Å². The Morgan fingerprint density at radius 1 is 1.50 bits per heavy atom. The van der Waals surface area contributed by atoms with E-state index in [1.165, 1.54) is 25.5 Å². The summed E-state index contributed by atoms with van der Waals surface area (Å²) in [5.41, 5.74) is 5.27. The first kappa shape index (κ1) is 13.4. The standard InChI is InChI=1S/C10H12N4O4/c1-14(10(11)12)6-8(15)17-18-9(16)7-3-2-4-13-5-7/h2-5H,6H2,1H3,(H3,11,12). The van der Waals surface area contributed by atoms with Crippen LogP contribution in [-0.4, -0.2) is 41.4 Å². The summed E-state index contributed by atoms with van der Waals surface area (Å²) in [5, 5.41) is 7.02. The van der Waals surface area contributed by atoms with Crippen molar-refractivity contribution < 1.29 is 19.4 Å². The Morgan fingerprint density at radius 2 is 2.22 bits per heavy atom. The lowest BCUT2D eigenvalue weighted by Gasteiger charge is -2.13. The summed E-state index contributed by atoms with van der Waals surface area (Å²) in [6, 6.07) is 3.01. The van der Waals surface area contributed by atoms with Gasteiger partial charge in [-0.2, -0.15) is 0 Å². The summed E-state index contributed by atoms with van der Waals surface area (Å²) in [6.45, 7) is -0.296. The maximum Gasteiger partial charge on any atom is 0.387 e. The van der Waals surface area contributed by atoms with Crippen LogP contribution in [0.15, 0.2) is 24.5 Å². The van der Waals surface area contributed by atoms with Gasteiger partial charge in [-0.05, 0) is 12.1 Å². The molecule has 0 saturated heterocycles. The molecule has 0 fully saturated rings. The van der Waals surface area contributed by atoms with Crippen LogP contribution in [0, 0.1) is 5.41 Å². The number of nitrogens with zero attached hydrogens (tertiary/aromatic N) is 2. The Labute approximate surface area is 103 Å². The molecule has 3 N–H and O–H groups in total. The Balaban J connectivity index is 2.40. The molecule has 1 aromatic rings. The van der Waals surface area contributed by atoms with E-state index in [0.717, 1.165) is 4.90 Å². The summed E-state index contributed by atoms with van der Waals surface area (Å²) >= 11 is 0. The van der Waals surface area contributed by atoms with Gasteiger partial charge in [0.2, 0.25) is 0 Å². The summed E-state index contributed by atoms with van der Waals surface area (Å²) in [7, 11) is 1.42. The lowest BCUT2D eigenvalue weighted by molar-refractivity contribution is -0.233. The molecule has 0 radical (unpaired) electrons. The molecule has 0 amide bonds.